The molecule has 0 spiro atoms. The van der Waals surface area contributed by atoms with Crippen molar-refractivity contribution in [2.45, 2.75) is 45.8 Å². The second-order valence-corrected chi connectivity index (χ2v) is 6.40. The molecule has 106 valence electrons. The first kappa shape index (κ1) is 16.0. The SMILES string of the molecule is CC(Cc1cc(Br)ccc1F)NC(=O)OC(C)(C)C. The van der Waals surface area contributed by atoms with Crippen molar-refractivity contribution in [1.82, 2.24) is 5.32 Å². The lowest BCUT2D eigenvalue weighted by Crippen LogP contribution is -2.38. The predicted octanol–water partition coefficient (Wildman–Crippen LogP) is 4.04. The van der Waals surface area contributed by atoms with Gasteiger partial charge in [-0.3, -0.25) is 0 Å². The predicted molar refractivity (Wildman–Crippen MR) is 76.6 cm³/mol. The van der Waals surface area contributed by atoms with Crippen LogP contribution < -0.4 is 5.32 Å². The summed E-state index contributed by atoms with van der Waals surface area (Å²) in [4.78, 5) is 11.6. The Labute approximate surface area is 121 Å². The van der Waals surface area contributed by atoms with Gasteiger partial charge in [0.05, 0.1) is 0 Å². The quantitative estimate of drug-likeness (QED) is 0.907. The van der Waals surface area contributed by atoms with E-state index in [1.807, 2.05) is 6.92 Å². The Morgan fingerprint density at radius 3 is 2.68 bits per heavy atom. The molecule has 0 aliphatic carbocycles. The van der Waals surface area contributed by atoms with Crippen LogP contribution in [-0.2, 0) is 11.2 Å². The summed E-state index contributed by atoms with van der Waals surface area (Å²) in [6, 6.07) is 4.55. The van der Waals surface area contributed by atoms with E-state index in [1.54, 1.807) is 32.9 Å². The van der Waals surface area contributed by atoms with Crippen LogP contribution in [0.1, 0.15) is 33.3 Å². The average molecular weight is 332 g/mol. The molecule has 5 heteroatoms. The van der Waals surface area contributed by atoms with Gasteiger partial charge in [0.25, 0.3) is 0 Å². The molecule has 0 radical (unpaired) electrons. The number of rotatable bonds is 3. The highest BCUT2D eigenvalue weighted by atomic mass is 79.9. The van der Waals surface area contributed by atoms with Gasteiger partial charge < -0.3 is 10.1 Å². The molecular weight excluding hydrogens is 313 g/mol. The lowest BCUT2D eigenvalue weighted by atomic mass is 10.1. The second-order valence-electron chi connectivity index (χ2n) is 5.49. The Morgan fingerprint density at radius 2 is 2.11 bits per heavy atom. The Bertz CT molecular complexity index is 457. The molecule has 1 N–H and O–H groups in total. The maximum atomic E-state index is 13.6. The third kappa shape index (κ3) is 6.05. The number of nitrogens with one attached hydrogen (secondary N) is 1. The summed E-state index contributed by atoms with van der Waals surface area (Å²) >= 11 is 3.30. The zero-order chi connectivity index (χ0) is 14.6. The lowest BCUT2D eigenvalue weighted by Gasteiger charge is -2.22. The Balaban J connectivity index is 2.58. The minimum absolute atomic E-state index is 0.210. The Hall–Kier alpha value is -1.10. The minimum Gasteiger partial charge on any atom is -0.444 e. The number of alkyl carbamates (subject to hydrolysis) is 1. The number of carbonyl (C=O) groups is 1. The smallest absolute Gasteiger partial charge is 0.407 e. The maximum Gasteiger partial charge on any atom is 0.407 e. The first-order chi connectivity index (χ1) is 8.67. The zero-order valence-corrected chi connectivity index (χ0v) is 13.2. The van der Waals surface area contributed by atoms with Gasteiger partial charge in [0.2, 0.25) is 0 Å². The van der Waals surface area contributed by atoms with Gasteiger partial charge in [-0.15, -0.1) is 0 Å². The summed E-state index contributed by atoms with van der Waals surface area (Å²) in [5, 5.41) is 2.69. The van der Waals surface area contributed by atoms with Crippen molar-refractivity contribution in [2.75, 3.05) is 0 Å². The minimum atomic E-state index is -0.537. The molecule has 0 heterocycles. The second kappa shape index (κ2) is 6.37. The summed E-state index contributed by atoms with van der Waals surface area (Å²) in [5.74, 6) is -0.277. The van der Waals surface area contributed by atoms with Crippen LogP contribution in [0.4, 0.5) is 9.18 Å². The number of carbonyl (C=O) groups excluding carboxylic acids is 1. The number of halogens is 2. The molecule has 0 aliphatic heterocycles. The van der Waals surface area contributed by atoms with Gasteiger partial charge in [0, 0.05) is 10.5 Å². The topological polar surface area (TPSA) is 38.3 Å². The van der Waals surface area contributed by atoms with Crippen molar-refractivity contribution in [2.24, 2.45) is 0 Å². The Kier molecular flexibility index (Phi) is 5.35. The molecule has 1 amide bonds. The van der Waals surface area contributed by atoms with E-state index in [0.29, 0.717) is 12.0 Å². The van der Waals surface area contributed by atoms with Crippen molar-refractivity contribution in [3.05, 3.63) is 34.1 Å². The largest absolute Gasteiger partial charge is 0.444 e. The fraction of sp³-hybridized carbons (Fsp3) is 0.500. The molecule has 0 aromatic heterocycles. The van der Waals surface area contributed by atoms with Crippen LogP contribution in [0.15, 0.2) is 22.7 Å². The normalized spacial score (nSPS) is 12.9. The van der Waals surface area contributed by atoms with Gasteiger partial charge >= 0.3 is 6.09 Å². The molecule has 1 aromatic carbocycles. The van der Waals surface area contributed by atoms with Gasteiger partial charge in [-0.2, -0.15) is 0 Å². The molecule has 1 unspecified atom stereocenters. The number of hydrogen-bond acceptors (Lipinski definition) is 2. The monoisotopic (exact) mass is 331 g/mol. The molecule has 1 atom stereocenters. The molecule has 0 aliphatic rings. The highest BCUT2D eigenvalue weighted by Crippen LogP contribution is 2.17. The maximum absolute atomic E-state index is 13.6. The number of benzene rings is 1. The van der Waals surface area contributed by atoms with Gasteiger partial charge in [0.15, 0.2) is 0 Å². The van der Waals surface area contributed by atoms with E-state index in [1.165, 1.54) is 6.07 Å². The van der Waals surface area contributed by atoms with Crippen LogP contribution in [0, 0.1) is 5.82 Å². The molecule has 3 nitrogen and oxygen atoms in total. The Morgan fingerprint density at radius 1 is 1.47 bits per heavy atom. The highest BCUT2D eigenvalue weighted by molar-refractivity contribution is 9.10. The van der Waals surface area contributed by atoms with Crippen molar-refractivity contribution in [1.29, 1.82) is 0 Å². The first-order valence-electron chi connectivity index (χ1n) is 6.11. The van der Waals surface area contributed by atoms with Crippen LogP contribution in [-0.4, -0.2) is 17.7 Å². The van der Waals surface area contributed by atoms with E-state index in [-0.39, 0.29) is 11.9 Å². The van der Waals surface area contributed by atoms with Crippen LogP contribution >= 0.6 is 15.9 Å². The van der Waals surface area contributed by atoms with Crippen molar-refractivity contribution in [3.8, 4) is 0 Å². The van der Waals surface area contributed by atoms with E-state index in [9.17, 15) is 9.18 Å². The molecular formula is C14H19BrFNO2. The summed E-state index contributed by atoms with van der Waals surface area (Å²) in [7, 11) is 0. The zero-order valence-electron chi connectivity index (χ0n) is 11.6. The molecule has 0 saturated heterocycles. The third-order valence-electron chi connectivity index (χ3n) is 2.30. The van der Waals surface area contributed by atoms with Crippen LogP contribution in [0.25, 0.3) is 0 Å². The molecule has 0 bridgehead atoms. The van der Waals surface area contributed by atoms with E-state index < -0.39 is 11.7 Å². The van der Waals surface area contributed by atoms with Crippen LogP contribution in [0.5, 0.6) is 0 Å². The van der Waals surface area contributed by atoms with E-state index in [4.69, 9.17) is 4.74 Å². The van der Waals surface area contributed by atoms with Crippen molar-refractivity contribution >= 4 is 22.0 Å². The van der Waals surface area contributed by atoms with Gasteiger partial charge in [-0.1, -0.05) is 15.9 Å². The first-order valence-corrected chi connectivity index (χ1v) is 6.90. The summed E-state index contributed by atoms with van der Waals surface area (Å²) < 4.78 is 19.5. The fourth-order valence-electron chi connectivity index (χ4n) is 1.59. The third-order valence-corrected chi connectivity index (χ3v) is 2.79. The molecule has 0 fully saturated rings. The van der Waals surface area contributed by atoms with E-state index >= 15 is 0 Å². The number of amides is 1. The van der Waals surface area contributed by atoms with E-state index in [2.05, 4.69) is 21.2 Å². The molecule has 0 saturated carbocycles. The molecule has 19 heavy (non-hydrogen) atoms. The average Bonchev–Trinajstić information content (AvgIpc) is 2.20. The van der Waals surface area contributed by atoms with Crippen LogP contribution in [0.2, 0.25) is 0 Å². The number of hydrogen-bond donors (Lipinski definition) is 1. The summed E-state index contributed by atoms with van der Waals surface area (Å²) in [6.07, 6.45) is -0.0831. The van der Waals surface area contributed by atoms with E-state index in [0.717, 1.165) is 4.47 Å². The fourth-order valence-corrected chi connectivity index (χ4v) is 2.00. The van der Waals surface area contributed by atoms with Crippen LogP contribution in [0.3, 0.4) is 0 Å². The summed E-state index contributed by atoms with van der Waals surface area (Å²) in [5.41, 5.74) is 0.0168. The molecule has 1 aromatic rings. The van der Waals surface area contributed by atoms with Gasteiger partial charge in [-0.05, 0) is 57.9 Å². The number of ether oxygens (including phenoxy) is 1. The molecule has 1 rings (SSSR count). The van der Waals surface area contributed by atoms with Crippen molar-refractivity contribution in [3.63, 3.8) is 0 Å². The van der Waals surface area contributed by atoms with Gasteiger partial charge in [0.1, 0.15) is 11.4 Å². The summed E-state index contributed by atoms with van der Waals surface area (Å²) in [6.45, 7) is 7.20. The van der Waals surface area contributed by atoms with Gasteiger partial charge in [-0.25, -0.2) is 9.18 Å². The van der Waals surface area contributed by atoms with Crippen molar-refractivity contribution < 1.29 is 13.9 Å². The standard InChI is InChI=1S/C14H19BrFNO2/c1-9(17-13(18)19-14(2,3)4)7-10-8-11(15)5-6-12(10)16/h5-6,8-9H,7H2,1-4H3,(H,17,18). The lowest BCUT2D eigenvalue weighted by molar-refractivity contribution is 0.0508. The highest BCUT2D eigenvalue weighted by Gasteiger charge is 2.18.